The van der Waals surface area contributed by atoms with Gasteiger partial charge in [0, 0.05) is 32.4 Å². The third kappa shape index (κ3) is 2.83. The molecule has 2 rings (SSSR count). The van der Waals surface area contributed by atoms with Crippen molar-refractivity contribution in [1.82, 2.24) is 20.0 Å². The highest BCUT2D eigenvalue weighted by molar-refractivity contribution is 5.96. The van der Waals surface area contributed by atoms with Gasteiger partial charge in [-0.2, -0.15) is 5.10 Å². The fraction of sp³-hybridized carbons (Fsp3) is 0.462. The topological polar surface area (TPSA) is 67.2 Å². The molecule has 0 saturated carbocycles. The molecule has 1 atom stereocenters. The number of hydrogen-bond donors (Lipinski definition) is 1. The first kappa shape index (κ1) is 13.3. The van der Waals surface area contributed by atoms with Gasteiger partial charge in [0.1, 0.15) is 6.04 Å². The van der Waals surface area contributed by atoms with Crippen molar-refractivity contribution in [2.45, 2.75) is 19.4 Å². The van der Waals surface area contributed by atoms with Crippen LogP contribution in [0.25, 0.3) is 6.08 Å². The zero-order valence-electron chi connectivity index (χ0n) is 11.2. The van der Waals surface area contributed by atoms with Gasteiger partial charge in [0.15, 0.2) is 0 Å². The highest BCUT2D eigenvalue weighted by Crippen LogP contribution is 2.10. The van der Waals surface area contributed by atoms with E-state index in [1.165, 1.54) is 6.08 Å². The molecule has 1 aromatic rings. The van der Waals surface area contributed by atoms with Gasteiger partial charge in [-0.15, -0.1) is 0 Å². The van der Waals surface area contributed by atoms with Crippen LogP contribution in [0.2, 0.25) is 0 Å². The number of hydrogen-bond acceptors (Lipinski definition) is 3. The smallest absolute Gasteiger partial charge is 0.247 e. The molecule has 1 N–H and O–H groups in total. The van der Waals surface area contributed by atoms with Crippen molar-refractivity contribution in [3.63, 3.8) is 0 Å². The second kappa shape index (κ2) is 5.69. The Labute approximate surface area is 112 Å². The van der Waals surface area contributed by atoms with Gasteiger partial charge >= 0.3 is 0 Å². The second-order valence-electron chi connectivity index (χ2n) is 4.46. The quantitative estimate of drug-likeness (QED) is 0.790. The first-order chi connectivity index (χ1) is 9.13. The van der Waals surface area contributed by atoms with Crippen LogP contribution < -0.4 is 5.32 Å². The molecule has 0 radical (unpaired) electrons. The summed E-state index contributed by atoms with van der Waals surface area (Å²) in [6, 6.07) is 1.46. The van der Waals surface area contributed by atoms with E-state index in [1.807, 2.05) is 20.0 Å². The molecule has 2 amide bonds. The lowest BCUT2D eigenvalue weighted by Gasteiger charge is -2.33. The maximum Gasteiger partial charge on any atom is 0.247 e. The lowest BCUT2D eigenvalue weighted by molar-refractivity contribution is -0.140. The van der Waals surface area contributed by atoms with Crippen molar-refractivity contribution < 1.29 is 9.59 Å². The molecule has 6 nitrogen and oxygen atoms in total. The second-order valence-corrected chi connectivity index (χ2v) is 4.46. The number of nitrogens with one attached hydrogen (secondary N) is 1. The summed E-state index contributed by atoms with van der Waals surface area (Å²) in [6.45, 7) is 2.97. The Kier molecular flexibility index (Phi) is 3.99. The summed E-state index contributed by atoms with van der Waals surface area (Å²) in [5.74, 6) is -0.209. The Morgan fingerprint density at radius 1 is 1.63 bits per heavy atom. The molecule has 1 fully saturated rings. The molecule has 0 aliphatic carbocycles. The normalized spacial score (nSPS) is 19.8. The lowest BCUT2D eigenvalue weighted by Crippen LogP contribution is -2.56. The van der Waals surface area contributed by atoms with Crippen LogP contribution in [0.5, 0.6) is 0 Å². The standard InChI is InChI=1S/C13H18N4O2/c1-3-11-13(19)14-8-9-17(11)12(18)5-4-10-6-7-15-16(10)2/h4-7,11H,3,8-9H2,1-2H3,(H,14,19)/b5-4+. The Morgan fingerprint density at radius 2 is 2.42 bits per heavy atom. The Morgan fingerprint density at radius 3 is 3.05 bits per heavy atom. The van der Waals surface area contributed by atoms with E-state index in [1.54, 1.807) is 21.9 Å². The summed E-state index contributed by atoms with van der Waals surface area (Å²) < 4.78 is 1.68. The monoisotopic (exact) mass is 262 g/mol. The van der Waals surface area contributed by atoms with Gasteiger partial charge in [-0.25, -0.2) is 0 Å². The Bertz CT molecular complexity index is 506. The number of carbonyl (C=O) groups excluding carboxylic acids is 2. The van der Waals surface area contributed by atoms with Gasteiger partial charge in [-0.05, 0) is 18.6 Å². The lowest BCUT2D eigenvalue weighted by atomic mass is 10.1. The van der Waals surface area contributed by atoms with Gasteiger partial charge < -0.3 is 10.2 Å². The summed E-state index contributed by atoms with van der Waals surface area (Å²) in [7, 11) is 1.81. The molecule has 0 spiro atoms. The fourth-order valence-electron chi connectivity index (χ4n) is 2.18. The molecular weight excluding hydrogens is 244 g/mol. The number of rotatable bonds is 3. The van der Waals surface area contributed by atoms with Crippen molar-refractivity contribution in [2.75, 3.05) is 13.1 Å². The SMILES string of the molecule is CCC1C(=O)NCCN1C(=O)/C=C/c1ccnn1C. The van der Waals surface area contributed by atoms with Gasteiger partial charge in [-0.1, -0.05) is 6.92 Å². The van der Waals surface area contributed by atoms with Crippen molar-refractivity contribution in [1.29, 1.82) is 0 Å². The van der Waals surface area contributed by atoms with Gasteiger partial charge in [0.05, 0.1) is 5.69 Å². The molecular formula is C13H18N4O2. The van der Waals surface area contributed by atoms with Crippen LogP contribution in [-0.2, 0) is 16.6 Å². The third-order valence-electron chi connectivity index (χ3n) is 3.26. The first-order valence-electron chi connectivity index (χ1n) is 6.38. The van der Waals surface area contributed by atoms with Crippen LogP contribution in [0.3, 0.4) is 0 Å². The minimum Gasteiger partial charge on any atom is -0.353 e. The highest BCUT2D eigenvalue weighted by atomic mass is 16.2. The predicted octanol–water partition coefficient (Wildman–Crippen LogP) is 0.170. The molecule has 6 heteroatoms. The largest absolute Gasteiger partial charge is 0.353 e. The first-order valence-corrected chi connectivity index (χ1v) is 6.38. The molecule has 1 unspecified atom stereocenters. The molecule has 2 heterocycles. The third-order valence-corrected chi connectivity index (χ3v) is 3.26. The minimum atomic E-state index is -0.363. The van der Waals surface area contributed by atoms with E-state index in [4.69, 9.17) is 0 Å². The zero-order valence-corrected chi connectivity index (χ0v) is 11.2. The summed E-state index contributed by atoms with van der Waals surface area (Å²) in [5.41, 5.74) is 0.850. The van der Waals surface area contributed by atoms with Crippen LogP contribution in [0.4, 0.5) is 0 Å². The number of nitrogens with zero attached hydrogens (tertiary/aromatic N) is 3. The molecule has 1 aliphatic heterocycles. The van der Waals surface area contributed by atoms with Crippen LogP contribution >= 0.6 is 0 Å². The van der Waals surface area contributed by atoms with Crippen LogP contribution in [-0.4, -0.2) is 45.6 Å². The number of carbonyl (C=O) groups is 2. The molecule has 0 bridgehead atoms. The van der Waals surface area contributed by atoms with Crippen LogP contribution in [0.1, 0.15) is 19.0 Å². The Balaban J connectivity index is 2.08. The molecule has 102 valence electrons. The van der Waals surface area contributed by atoms with E-state index in [0.29, 0.717) is 19.5 Å². The number of aromatic nitrogens is 2. The zero-order chi connectivity index (χ0) is 13.8. The molecule has 19 heavy (non-hydrogen) atoms. The van der Waals surface area contributed by atoms with E-state index in [0.717, 1.165) is 5.69 Å². The summed E-state index contributed by atoms with van der Waals surface area (Å²) in [6.07, 6.45) is 5.51. The van der Waals surface area contributed by atoms with Crippen molar-refractivity contribution in [3.8, 4) is 0 Å². The van der Waals surface area contributed by atoms with E-state index >= 15 is 0 Å². The highest BCUT2D eigenvalue weighted by Gasteiger charge is 2.30. The molecule has 1 saturated heterocycles. The van der Waals surface area contributed by atoms with Crippen molar-refractivity contribution >= 4 is 17.9 Å². The average Bonchev–Trinajstić information content (AvgIpc) is 2.81. The van der Waals surface area contributed by atoms with E-state index < -0.39 is 0 Å². The summed E-state index contributed by atoms with van der Waals surface area (Å²) >= 11 is 0. The number of piperazine rings is 1. The summed E-state index contributed by atoms with van der Waals surface area (Å²) in [4.78, 5) is 25.4. The van der Waals surface area contributed by atoms with Crippen molar-refractivity contribution in [2.24, 2.45) is 7.05 Å². The van der Waals surface area contributed by atoms with E-state index in [9.17, 15) is 9.59 Å². The molecule has 0 aromatic carbocycles. The predicted molar refractivity (Wildman–Crippen MR) is 71.0 cm³/mol. The van der Waals surface area contributed by atoms with Crippen molar-refractivity contribution in [3.05, 3.63) is 24.0 Å². The Hall–Kier alpha value is -2.11. The molecule has 1 aromatic heterocycles. The van der Waals surface area contributed by atoms with Crippen LogP contribution in [0, 0.1) is 0 Å². The van der Waals surface area contributed by atoms with E-state index in [-0.39, 0.29) is 17.9 Å². The van der Waals surface area contributed by atoms with E-state index in [2.05, 4.69) is 10.4 Å². The maximum absolute atomic E-state index is 12.1. The van der Waals surface area contributed by atoms with Gasteiger partial charge in [0.2, 0.25) is 11.8 Å². The molecule has 1 aliphatic rings. The average molecular weight is 262 g/mol. The summed E-state index contributed by atoms with van der Waals surface area (Å²) in [5, 5.41) is 6.80. The number of aryl methyl sites for hydroxylation is 1. The maximum atomic E-state index is 12.1. The fourth-order valence-corrected chi connectivity index (χ4v) is 2.18. The van der Waals surface area contributed by atoms with Crippen LogP contribution in [0.15, 0.2) is 18.3 Å². The minimum absolute atomic E-state index is 0.0731. The number of amides is 2. The van der Waals surface area contributed by atoms with Gasteiger partial charge in [0.25, 0.3) is 0 Å². The van der Waals surface area contributed by atoms with Gasteiger partial charge in [-0.3, -0.25) is 14.3 Å².